The zero-order chi connectivity index (χ0) is 67.6. The molecule has 0 bridgehead atoms. The van der Waals surface area contributed by atoms with Crippen molar-refractivity contribution >= 4 is 103 Å². The number of unbranched alkanes of at least 4 members (excludes halogenated alkanes) is 1. The molecule has 4 rings (SSSR count). The number of hydrogen-bond acceptors (Lipinski definition) is 20. The number of carbonyl (C=O) groups excluding carboxylic acids is 3. The number of carboxylic acids is 6. The van der Waals surface area contributed by atoms with Crippen molar-refractivity contribution in [2.24, 2.45) is 0 Å². The molecule has 1 unspecified atom stereocenters. The number of carbonyl (C=O) groups is 9. The summed E-state index contributed by atoms with van der Waals surface area (Å²) in [5.74, 6) is -10.2. The van der Waals surface area contributed by atoms with Gasteiger partial charge in [0.2, 0.25) is 27.7 Å². The Morgan fingerprint density at radius 1 is 0.714 bits per heavy atom. The Balaban J connectivity index is 1.25. The predicted molar refractivity (Wildman–Crippen MR) is 331 cm³/mol. The lowest BCUT2D eigenvalue weighted by molar-refractivity contribution is -0.144. The quantitative estimate of drug-likeness (QED) is 0.0195. The Morgan fingerprint density at radius 3 is 1.89 bits per heavy atom. The third kappa shape index (κ3) is 28.3. The zero-order valence-electron chi connectivity index (χ0n) is 50.3. The first-order valence-corrected chi connectivity index (χ1v) is 32.2. The molecule has 0 aliphatic carbocycles. The van der Waals surface area contributed by atoms with E-state index in [-0.39, 0.29) is 91.0 Å². The van der Waals surface area contributed by atoms with Crippen LogP contribution in [0.25, 0.3) is 0 Å². The summed E-state index contributed by atoms with van der Waals surface area (Å²) >= 11 is 5.32. The van der Waals surface area contributed by atoms with Crippen LogP contribution in [0.4, 0.5) is 11.5 Å². The van der Waals surface area contributed by atoms with E-state index in [2.05, 4.69) is 47.7 Å². The van der Waals surface area contributed by atoms with Gasteiger partial charge in [-0.2, -0.15) is 13.1 Å². The van der Waals surface area contributed by atoms with E-state index in [0.717, 1.165) is 40.7 Å². The van der Waals surface area contributed by atoms with Gasteiger partial charge in [-0.25, -0.2) is 13.4 Å². The number of ether oxygens (including phenoxy) is 1. The highest BCUT2D eigenvalue weighted by Crippen LogP contribution is 2.27. The molecule has 32 nitrogen and oxygen atoms in total. The summed E-state index contributed by atoms with van der Waals surface area (Å²) in [7, 11) is -9.22. The Bertz CT molecular complexity index is 3250. The van der Waals surface area contributed by atoms with E-state index in [9.17, 15) is 95.2 Å². The van der Waals surface area contributed by atoms with Crippen molar-refractivity contribution < 1.29 is 99.9 Å². The number of aliphatic carboxylic acids is 6. The monoisotopic (exact) mass is 1340 g/mol. The van der Waals surface area contributed by atoms with E-state index < -0.39 is 143 Å². The second kappa shape index (κ2) is 36.6. The maximum absolute atomic E-state index is 13.5. The van der Waals surface area contributed by atoms with Crippen molar-refractivity contribution in [1.29, 1.82) is 0 Å². The minimum Gasteiger partial charge on any atom is -0.494 e. The normalized spacial score (nSPS) is 13.6. The number of anilines is 2. The fourth-order valence-corrected chi connectivity index (χ4v) is 12.4. The number of aryl methyl sites for hydroxylation is 4. The van der Waals surface area contributed by atoms with E-state index in [0.29, 0.717) is 24.8 Å². The molecule has 14 N–H and O–H groups in total. The summed E-state index contributed by atoms with van der Waals surface area (Å²) < 4.78 is 68.6. The van der Waals surface area contributed by atoms with Crippen LogP contribution in [-0.2, 0) is 82.6 Å². The van der Waals surface area contributed by atoms with Crippen LogP contribution in [0, 0.1) is 13.8 Å². The summed E-state index contributed by atoms with van der Waals surface area (Å²) in [6.07, 6.45) is 3.98. The average molecular weight is 1340 g/mol. The highest BCUT2D eigenvalue weighted by atomic mass is 32.2. The molecule has 0 saturated heterocycles. The van der Waals surface area contributed by atoms with Crippen molar-refractivity contribution in [3.8, 4) is 5.75 Å². The van der Waals surface area contributed by atoms with Crippen LogP contribution >= 0.6 is 12.2 Å². The Labute approximate surface area is 530 Å². The average Bonchev–Trinajstić information content (AvgIpc) is 0.844. The molecule has 502 valence electrons. The smallest absolute Gasteiger partial charge is 0.323 e. The molecular weight excluding hydrogens is 1260 g/mol. The molecule has 91 heavy (non-hydrogen) atoms. The van der Waals surface area contributed by atoms with Crippen molar-refractivity contribution in [2.45, 2.75) is 108 Å². The third-order valence-corrected chi connectivity index (χ3v) is 16.7. The second-order valence-corrected chi connectivity index (χ2v) is 25.2. The van der Waals surface area contributed by atoms with Gasteiger partial charge in [-0.3, -0.25) is 62.4 Å². The first-order valence-electron chi connectivity index (χ1n) is 28.7. The SMILES string of the molecule is Cc1cc(OCCCC(=O)NCCNC(=O)[C@H](CS(=O)(=O)O)NC(=S)Nc2ccc(C[C@@H](CN(CC(=O)O)CC(C)N(CC(=O)O)CC(=O)O)N(CC(=O)O)CC(=O)O)cc2)cc(C)c1S(=O)(=O)N[C@H](CNC(=O)CCCCc1ccc2c(n1)NCCC2)C(=O)O. The van der Waals surface area contributed by atoms with E-state index in [4.69, 9.17) is 17.0 Å². The molecule has 0 spiro atoms. The standard InChI is InChI=1S/C56H79N11O21S3/c1-34-22-42(23-35(2)52(34)91(86,87)64-43(55(81)82)25-60-46(69)10-5-4-9-39-17-14-38-8-6-18-58-53(38)61-39)88-21-7-11-45(68)57-19-20-59-54(80)44(33-90(83,84)85)63-56(89)62-40-15-12-37(13-16-40)24-41(67(31-50(76)77)32-51(78)79)27-65(28-47(70)71)26-36(3)66(29-48(72)73)30-49(74)75/h12-17,22-23,36,41,43-44,64H,4-11,18-21,24-33H2,1-3H3,(H,57,68)(H,58,61)(H,59,80)(H,60,69)(H,70,71)(H,72,73)(H,74,75)(H,76,77)(H,78,79)(H,81,82)(H2,62,63,89)(H,83,84,85)/t36?,41-,43+,44-/m0/s1. The molecular formula is C56H79N11O21S3. The van der Waals surface area contributed by atoms with Gasteiger partial charge < -0.3 is 67.3 Å². The van der Waals surface area contributed by atoms with Crippen LogP contribution < -0.4 is 41.4 Å². The Kier molecular flexibility index (Phi) is 30.3. The maximum Gasteiger partial charge on any atom is 0.323 e. The fraction of sp³-hybridized carbons (Fsp3) is 0.518. The third-order valence-electron chi connectivity index (χ3n) is 13.9. The number of amides is 3. The van der Waals surface area contributed by atoms with Crippen LogP contribution in [0.1, 0.15) is 73.4 Å². The molecule has 35 heteroatoms. The van der Waals surface area contributed by atoms with E-state index in [1.165, 1.54) is 67.6 Å². The van der Waals surface area contributed by atoms with Crippen molar-refractivity contribution in [1.82, 2.24) is 45.7 Å². The van der Waals surface area contributed by atoms with Gasteiger partial charge in [0, 0.05) is 75.6 Å². The lowest BCUT2D eigenvalue weighted by Gasteiger charge is -2.36. The number of fused-ring (bicyclic) bond motifs is 1. The van der Waals surface area contributed by atoms with Gasteiger partial charge in [-0.05, 0) is 131 Å². The summed E-state index contributed by atoms with van der Waals surface area (Å²) in [6.45, 7) is 0.340. The molecule has 1 aliphatic rings. The predicted octanol–water partition coefficient (Wildman–Crippen LogP) is -0.420. The minimum absolute atomic E-state index is 0.00743. The molecule has 1 aliphatic heterocycles. The summed E-state index contributed by atoms with van der Waals surface area (Å²) in [4.78, 5) is 117. The number of aromatic nitrogens is 1. The number of nitrogens with zero attached hydrogens (tertiary/aromatic N) is 4. The maximum atomic E-state index is 13.5. The number of benzene rings is 2. The number of sulfonamides is 1. The lowest BCUT2D eigenvalue weighted by Crippen LogP contribution is -2.53. The van der Waals surface area contributed by atoms with Gasteiger partial charge in [-0.1, -0.05) is 18.2 Å². The Morgan fingerprint density at radius 2 is 1.30 bits per heavy atom. The molecule has 0 fully saturated rings. The number of hydrogen-bond donors (Lipinski definition) is 14. The molecule has 3 aromatic rings. The van der Waals surface area contributed by atoms with Crippen LogP contribution in [0.5, 0.6) is 5.75 Å². The lowest BCUT2D eigenvalue weighted by atomic mass is 10.0. The molecule has 3 amide bonds. The van der Waals surface area contributed by atoms with Gasteiger partial charge in [0.05, 0.1) is 44.2 Å². The van der Waals surface area contributed by atoms with Gasteiger partial charge in [-0.15, -0.1) is 0 Å². The first kappa shape index (κ1) is 75.3. The van der Waals surface area contributed by atoms with Crippen molar-refractivity contribution in [3.05, 3.63) is 76.5 Å². The van der Waals surface area contributed by atoms with Gasteiger partial charge in [0.1, 0.15) is 29.4 Å². The van der Waals surface area contributed by atoms with Crippen LogP contribution in [0.3, 0.4) is 0 Å². The van der Waals surface area contributed by atoms with Gasteiger partial charge in [0.15, 0.2) is 5.11 Å². The van der Waals surface area contributed by atoms with Gasteiger partial charge >= 0.3 is 35.8 Å². The summed E-state index contributed by atoms with van der Waals surface area (Å²) in [5, 5.41) is 73.5. The highest BCUT2D eigenvalue weighted by molar-refractivity contribution is 7.89. The number of nitrogens with one attached hydrogen (secondary N) is 7. The first-order chi connectivity index (χ1) is 42.8. The van der Waals surface area contributed by atoms with E-state index in [1.54, 1.807) is 0 Å². The van der Waals surface area contributed by atoms with Crippen LogP contribution in [0.15, 0.2) is 53.4 Å². The number of carboxylic acid groups (broad SMARTS) is 6. The number of thiocarbonyl (C=S) groups is 1. The summed E-state index contributed by atoms with van der Waals surface area (Å²) in [5.41, 5.74) is 3.24. The van der Waals surface area contributed by atoms with Crippen molar-refractivity contribution in [3.63, 3.8) is 0 Å². The molecule has 0 radical (unpaired) electrons. The van der Waals surface area contributed by atoms with Crippen LogP contribution in [-0.4, -0.2) is 239 Å². The number of pyridine rings is 1. The van der Waals surface area contributed by atoms with Gasteiger partial charge in [0.25, 0.3) is 10.1 Å². The Hall–Kier alpha value is -8.19. The second-order valence-electron chi connectivity index (χ2n) is 21.6. The van der Waals surface area contributed by atoms with Crippen molar-refractivity contribution in [2.75, 3.05) is 95.0 Å². The van der Waals surface area contributed by atoms with E-state index in [1.807, 2.05) is 6.07 Å². The zero-order valence-corrected chi connectivity index (χ0v) is 52.8. The topological polar surface area (TPSA) is 480 Å². The molecule has 4 atom stereocenters. The molecule has 0 saturated carbocycles. The minimum atomic E-state index is -4.79. The number of rotatable bonds is 42. The molecule has 2 heterocycles. The largest absolute Gasteiger partial charge is 0.494 e. The molecule has 1 aromatic heterocycles. The summed E-state index contributed by atoms with van der Waals surface area (Å²) in [6, 6.07) is 7.64. The highest BCUT2D eigenvalue weighted by Gasteiger charge is 2.32. The van der Waals surface area contributed by atoms with E-state index >= 15 is 0 Å². The fourth-order valence-electron chi connectivity index (χ4n) is 9.85. The molecule has 2 aromatic carbocycles. The van der Waals surface area contributed by atoms with Crippen LogP contribution in [0.2, 0.25) is 0 Å².